The van der Waals surface area contributed by atoms with Crippen molar-refractivity contribution < 1.29 is 24.0 Å². The van der Waals surface area contributed by atoms with Crippen LogP contribution < -0.4 is 14.8 Å². The van der Waals surface area contributed by atoms with Gasteiger partial charge in [-0.2, -0.15) is 0 Å². The monoisotopic (exact) mass is 511 g/mol. The lowest BCUT2D eigenvalue weighted by Gasteiger charge is -2.30. The number of amides is 2. The molecule has 0 saturated heterocycles. The second-order valence-electron chi connectivity index (χ2n) is 7.60. The van der Waals surface area contributed by atoms with Gasteiger partial charge >= 0.3 is 5.69 Å². The number of benzene rings is 2. The summed E-state index contributed by atoms with van der Waals surface area (Å²) in [7, 11) is 1.30. The molecule has 2 aromatic carbocycles. The van der Waals surface area contributed by atoms with E-state index in [-0.39, 0.29) is 35.7 Å². The van der Waals surface area contributed by atoms with Crippen molar-refractivity contribution in [1.82, 2.24) is 10.2 Å². The first kappa shape index (κ1) is 27.2. The maximum Gasteiger partial charge on any atom is 0.311 e. The van der Waals surface area contributed by atoms with Crippen LogP contribution in [-0.4, -0.2) is 47.4 Å². The molecule has 1 N–H and O–H groups in total. The molecule has 0 aliphatic heterocycles. The van der Waals surface area contributed by atoms with Crippen LogP contribution in [0.25, 0.3) is 0 Å². The Hall–Kier alpha value is -3.04. The van der Waals surface area contributed by atoms with Gasteiger partial charge in [0.2, 0.25) is 11.7 Å². The van der Waals surface area contributed by atoms with Gasteiger partial charge in [0.05, 0.1) is 12.0 Å². The molecule has 0 bridgehead atoms. The van der Waals surface area contributed by atoms with Gasteiger partial charge in [-0.25, -0.2) is 0 Å². The van der Waals surface area contributed by atoms with E-state index < -0.39 is 23.5 Å². The lowest BCUT2D eigenvalue weighted by molar-refractivity contribution is -0.385. The molecule has 0 fully saturated rings. The van der Waals surface area contributed by atoms with Gasteiger partial charge in [-0.3, -0.25) is 19.7 Å². The molecule has 0 aromatic heterocycles. The zero-order valence-corrected chi connectivity index (χ0v) is 20.9. The smallest absolute Gasteiger partial charge is 0.311 e. The molecule has 11 heteroatoms. The summed E-state index contributed by atoms with van der Waals surface area (Å²) < 4.78 is 10.6. The molecule has 9 nitrogen and oxygen atoms in total. The van der Waals surface area contributed by atoms with Crippen molar-refractivity contribution in [2.45, 2.75) is 45.8 Å². The Bertz CT molecular complexity index is 1030. The van der Waals surface area contributed by atoms with Crippen molar-refractivity contribution in [3.8, 4) is 11.5 Å². The topological polar surface area (TPSA) is 111 Å². The molecule has 0 spiro atoms. The number of halogens is 2. The van der Waals surface area contributed by atoms with Gasteiger partial charge in [-0.15, -0.1) is 0 Å². The average Bonchev–Trinajstić information content (AvgIpc) is 2.81. The number of nitro benzene ring substituents is 1. The van der Waals surface area contributed by atoms with E-state index in [1.807, 2.05) is 13.8 Å². The fourth-order valence-electron chi connectivity index (χ4n) is 3.03. The molecular weight excluding hydrogens is 485 g/mol. The van der Waals surface area contributed by atoms with Crippen molar-refractivity contribution in [1.29, 1.82) is 0 Å². The van der Waals surface area contributed by atoms with Crippen LogP contribution in [0.5, 0.6) is 11.5 Å². The predicted molar refractivity (Wildman–Crippen MR) is 130 cm³/mol. The molecule has 184 valence electrons. The number of nitrogens with zero attached hydrogens (tertiary/aromatic N) is 2. The largest absolute Gasteiger partial charge is 0.490 e. The number of nitrogens with one attached hydrogen (secondary N) is 1. The maximum absolute atomic E-state index is 13.2. The zero-order valence-electron chi connectivity index (χ0n) is 19.3. The summed E-state index contributed by atoms with van der Waals surface area (Å²) >= 11 is 12.6. The molecule has 2 rings (SSSR count). The molecule has 2 aromatic rings. The lowest BCUT2D eigenvalue weighted by atomic mass is 10.1. The number of rotatable bonds is 11. The molecule has 0 heterocycles. The first-order valence-electron chi connectivity index (χ1n) is 10.6. The number of hydrogen-bond acceptors (Lipinski definition) is 6. The first-order valence-corrected chi connectivity index (χ1v) is 11.3. The fourth-order valence-corrected chi connectivity index (χ4v) is 3.55. The van der Waals surface area contributed by atoms with Crippen LogP contribution in [0.2, 0.25) is 10.0 Å². The van der Waals surface area contributed by atoms with E-state index in [2.05, 4.69) is 5.32 Å². The first-order chi connectivity index (χ1) is 16.1. The van der Waals surface area contributed by atoms with Crippen molar-refractivity contribution in [2.75, 3.05) is 13.7 Å². The predicted octanol–water partition coefficient (Wildman–Crippen LogP) is 4.62. The minimum Gasteiger partial charge on any atom is -0.490 e. The average molecular weight is 512 g/mol. The number of nitro groups is 1. The molecular formula is C23H27Cl2N3O6. The number of hydrogen-bond donors (Lipinski definition) is 1. The van der Waals surface area contributed by atoms with E-state index in [9.17, 15) is 19.7 Å². The van der Waals surface area contributed by atoms with Gasteiger partial charge < -0.3 is 19.7 Å². The standard InChI is InChI=1S/C23H27Cl2N3O6/c1-5-14(2)26-23(30)15(3)27(12-17-18(24)7-6-8-19(17)25)22(29)13-34-16-9-10-20(28(31)32)21(11-16)33-4/h6-11,14-15H,5,12-13H2,1-4H3,(H,26,30)/t14-,15+/m1/s1. The van der Waals surface area contributed by atoms with Gasteiger partial charge in [0, 0.05) is 40.3 Å². The Morgan fingerprint density at radius 1 is 1.18 bits per heavy atom. The highest BCUT2D eigenvalue weighted by Gasteiger charge is 2.28. The number of ether oxygens (including phenoxy) is 2. The van der Waals surface area contributed by atoms with Crippen LogP contribution >= 0.6 is 23.2 Å². The summed E-state index contributed by atoms with van der Waals surface area (Å²) in [5.74, 6) is -0.637. The van der Waals surface area contributed by atoms with Gasteiger partial charge in [-0.1, -0.05) is 36.2 Å². The third-order valence-corrected chi connectivity index (χ3v) is 5.98. The van der Waals surface area contributed by atoms with Gasteiger partial charge in [-0.05, 0) is 38.5 Å². The van der Waals surface area contributed by atoms with Gasteiger partial charge in [0.25, 0.3) is 5.91 Å². The third kappa shape index (κ3) is 6.98. The van der Waals surface area contributed by atoms with Gasteiger partial charge in [0.15, 0.2) is 6.61 Å². The SMILES string of the molecule is CC[C@@H](C)NC(=O)[C@H](C)N(Cc1c(Cl)cccc1Cl)C(=O)COc1ccc([N+](=O)[O-])c(OC)c1. The maximum atomic E-state index is 13.2. The van der Waals surface area contributed by atoms with Crippen LogP contribution in [0.3, 0.4) is 0 Å². The normalized spacial score (nSPS) is 12.4. The minimum absolute atomic E-state index is 0.00375. The van der Waals surface area contributed by atoms with Crippen LogP contribution in [0.15, 0.2) is 36.4 Å². The highest BCUT2D eigenvalue weighted by molar-refractivity contribution is 6.36. The van der Waals surface area contributed by atoms with Crippen LogP contribution in [-0.2, 0) is 16.1 Å². The van der Waals surface area contributed by atoms with E-state index in [1.54, 1.807) is 25.1 Å². The summed E-state index contributed by atoms with van der Waals surface area (Å²) in [6, 6.07) is 7.97. The van der Waals surface area contributed by atoms with Crippen LogP contribution in [0, 0.1) is 10.1 Å². The van der Waals surface area contributed by atoms with E-state index >= 15 is 0 Å². The van der Waals surface area contributed by atoms with Crippen molar-refractivity contribution in [3.63, 3.8) is 0 Å². The Morgan fingerprint density at radius 3 is 2.38 bits per heavy atom. The molecule has 2 atom stereocenters. The zero-order chi connectivity index (χ0) is 25.4. The van der Waals surface area contributed by atoms with Gasteiger partial charge in [0.1, 0.15) is 11.8 Å². The molecule has 2 amide bonds. The minimum atomic E-state index is -0.844. The van der Waals surface area contributed by atoms with Crippen molar-refractivity contribution in [2.24, 2.45) is 0 Å². The molecule has 0 radical (unpaired) electrons. The van der Waals surface area contributed by atoms with Crippen LogP contribution in [0.1, 0.15) is 32.8 Å². The highest BCUT2D eigenvalue weighted by Crippen LogP contribution is 2.31. The summed E-state index contributed by atoms with van der Waals surface area (Å²) in [4.78, 5) is 37.8. The summed E-state index contributed by atoms with van der Waals surface area (Å²) in [5.41, 5.74) is 0.269. The van der Waals surface area contributed by atoms with E-state index in [4.69, 9.17) is 32.7 Å². The molecule has 0 aliphatic carbocycles. The molecule has 34 heavy (non-hydrogen) atoms. The molecule has 0 aliphatic rings. The molecule has 0 unspecified atom stereocenters. The molecule has 0 saturated carbocycles. The summed E-state index contributed by atoms with van der Waals surface area (Å²) in [6.45, 7) is 4.97. The Kier molecular flexibility index (Phi) is 9.95. The summed E-state index contributed by atoms with van der Waals surface area (Å²) in [6.07, 6.45) is 0.730. The number of carbonyl (C=O) groups is 2. The van der Waals surface area contributed by atoms with Crippen molar-refractivity contribution in [3.05, 3.63) is 62.1 Å². The second kappa shape index (κ2) is 12.4. The van der Waals surface area contributed by atoms with E-state index in [1.165, 1.54) is 30.2 Å². The Labute approximate surface area is 208 Å². The Morgan fingerprint density at radius 2 is 1.82 bits per heavy atom. The second-order valence-corrected chi connectivity index (χ2v) is 8.41. The van der Waals surface area contributed by atoms with Crippen molar-refractivity contribution >= 4 is 40.7 Å². The highest BCUT2D eigenvalue weighted by atomic mass is 35.5. The third-order valence-electron chi connectivity index (χ3n) is 5.27. The quantitative estimate of drug-likeness (QED) is 0.348. The number of carbonyl (C=O) groups excluding carboxylic acids is 2. The lowest BCUT2D eigenvalue weighted by Crippen LogP contribution is -2.50. The van der Waals surface area contributed by atoms with E-state index in [0.29, 0.717) is 15.6 Å². The fraction of sp³-hybridized carbons (Fsp3) is 0.391. The number of methoxy groups -OCH3 is 1. The van der Waals surface area contributed by atoms with E-state index in [0.717, 1.165) is 6.42 Å². The Balaban J connectivity index is 2.26. The van der Waals surface area contributed by atoms with Crippen LogP contribution in [0.4, 0.5) is 5.69 Å². The summed E-state index contributed by atoms with van der Waals surface area (Å²) in [5, 5.41) is 14.7.